The topological polar surface area (TPSA) is 12.0 Å². The third-order valence-corrected chi connectivity index (χ3v) is 2.88. The van der Waals surface area contributed by atoms with E-state index in [0.717, 1.165) is 12.1 Å². The van der Waals surface area contributed by atoms with Gasteiger partial charge in [0.2, 0.25) is 0 Å². The van der Waals surface area contributed by atoms with Crippen molar-refractivity contribution in [1.82, 2.24) is 5.32 Å². The average Bonchev–Trinajstić information content (AvgIpc) is 2.24. The molecule has 0 aliphatic heterocycles. The first-order valence-corrected chi connectivity index (χ1v) is 6.37. The molecule has 1 rings (SSSR count). The maximum absolute atomic E-state index is 12.1. The highest BCUT2D eigenvalue weighted by Gasteiger charge is 2.28. The first-order valence-electron chi connectivity index (χ1n) is 5.55. The van der Waals surface area contributed by atoms with Crippen LogP contribution in [0.15, 0.2) is 40.8 Å². The smallest absolute Gasteiger partial charge is 0.309 e. The van der Waals surface area contributed by atoms with Gasteiger partial charge in [-0.2, -0.15) is 13.2 Å². The van der Waals surface area contributed by atoms with E-state index in [1.165, 1.54) is 17.7 Å². The largest absolute Gasteiger partial charge is 0.446 e. The molecule has 1 nitrogen and oxygen atoms in total. The highest BCUT2D eigenvalue weighted by molar-refractivity contribution is 8.00. The van der Waals surface area contributed by atoms with Crippen molar-refractivity contribution in [3.8, 4) is 0 Å². The van der Waals surface area contributed by atoms with Crippen LogP contribution in [0.5, 0.6) is 0 Å². The highest BCUT2D eigenvalue weighted by Crippen LogP contribution is 2.36. The monoisotopic (exact) mass is 275 g/mol. The Morgan fingerprint density at radius 2 is 1.83 bits per heavy atom. The van der Waals surface area contributed by atoms with Crippen LogP contribution in [0.4, 0.5) is 13.2 Å². The number of benzene rings is 1. The number of thioether (sulfide) groups is 1. The Morgan fingerprint density at radius 3 is 2.33 bits per heavy atom. The minimum Gasteiger partial charge on any atom is -0.309 e. The summed E-state index contributed by atoms with van der Waals surface area (Å²) in [5, 5.41) is 3.20. The van der Waals surface area contributed by atoms with Crippen LogP contribution in [0.1, 0.15) is 19.4 Å². The second-order valence-corrected chi connectivity index (χ2v) is 5.24. The third kappa shape index (κ3) is 6.71. The SMILES string of the molecule is CC(C)=CCNCc1ccc(SC(F)(F)F)cc1. The molecule has 0 atom stereocenters. The van der Waals surface area contributed by atoms with Gasteiger partial charge in [0.05, 0.1) is 0 Å². The number of hydrogen-bond donors (Lipinski definition) is 1. The van der Waals surface area contributed by atoms with Crippen LogP contribution in [0, 0.1) is 0 Å². The van der Waals surface area contributed by atoms with Gasteiger partial charge >= 0.3 is 5.51 Å². The summed E-state index contributed by atoms with van der Waals surface area (Å²) >= 11 is -0.0882. The van der Waals surface area contributed by atoms with Gasteiger partial charge in [-0.3, -0.25) is 0 Å². The number of rotatable bonds is 5. The van der Waals surface area contributed by atoms with Crippen molar-refractivity contribution in [1.29, 1.82) is 0 Å². The van der Waals surface area contributed by atoms with Gasteiger partial charge in [0, 0.05) is 18.0 Å². The first-order chi connectivity index (χ1) is 8.37. The molecule has 1 aromatic carbocycles. The number of allylic oxidation sites excluding steroid dienone is 1. The van der Waals surface area contributed by atoms with Crippen LogP contribution < -0.4 is 5.32 Å². The fourth-order valence-electron chi connectivity index (χ4n) is 1.30. The molecular formula is C13H16F3NS. The second kappa shape index (κ2) is 6.85. The van der Waals surface area contributed by atoms with E-state index in [9.17, 15) is 13.2 Å². The molecular weight excluding hydrogens is 259 g/mol. The lowest BCUT2D eigenvalue weighted by Crippen LogP contribution is -2.13. The van der Waals surface area contributed by atoms with Crippen LogP contribution in [0.3, 0.4) is 0 Å². The van der Waals surface area contributed by atoms with Gasteiger partial charge in [-0.25, -0.2) is 0 Å². The Hall–Kier alpha value is -0.940. The Labute approximate surface area is 109 Å². The normalized spacial score (nSPS) is 11.4. The first kappa shape index (κ1) is 15.1. The van der Waals surface area contributed by atoms with Crippen molar-refractivity contribution in [2.24, 2.45) is 0 Å². The van der Waals surface area contributed by atoms with Crippen molar-refractivity contribution in [2.45, 2.75) is 30.8 Å². The van der Waals surface area contributed by atoms with Gasteiger partial charge in [-0.1, -0.05) is 23.8 Å². The molecule has 0 bridgehead atoms. The lowest BCUT2D eigenvalue weighted by molar-refractivity contribution is -0.0328. The summed E-state index contributed by atoms with van der Waals surface area (Å²) in [4.78, 5) is 0.218. The highest BCUT2D eigenvalue weighted by atomic mass is 32.2. The fourth-order valence-corrected chi connectivity index (χ4v) is 1.84. The lowest BCUT2D eigenvalue weighted by atomic mass is 10.2. The van der Waals surface area contributed by atoms with Crippen molar-refractivity contribution in [3.05, 3.63) is 41.5 Å². The minimum atomic E-state index is -4.22. The third-order valence-electron chi connectivity index (χ3n) is 2.14. The fraction of sp³-hybridized carbons (Fsp3) is 0.385. The molecule has 0 aromatic heterocycles. The number of hydrogen-bond acceptors (Lipinski definition) is 2. The maximum Gasteiger partial charge on any atom is 0.446 e. The van der Waals surface area contributed by atoms with E-state index >= 15 is 0 Å². The molecule has 5 heteroatoms. The van der Waals surface area contributed by atoms with Crippen molar-refractivity contribution in [3.63, 3.8) is 0 Å². The molecule has 0 aliphatic carbocycles. The molecule has 1 N–H and O–H groups in total. The van der Waals surface area contributed by atoms with Gasteiger partial charge < -0.3 is 5.32 Å². The zero-order valence-corrected chi connectivity index (χ0v) is 11.2. The standard InChI is InChI=1S/C13H16F3NS/c1-10(2)7-8-17-9-11-3-5-12(6-4-11)18-13(14,15)16/h3-7,17H,8-9H2,1-2H3. The average molecular weight is 275 g/mol. The van der Waals surface area contributed by atoms with E-state index in [2.05, 4.69) is 11.4 Å². The lowest BCUT2D eigenvalue weighted by Gasteiger charge is -2.07. The van der Waals surface area contributed by atoms with Crippen molar-refractivity contribution < 1.29 is 13.2 Å². The Morgan fingerprint density at radius 1 is 1.22 bits per heavy atom. The van der Waals surface area contributed by atoms with E-state index in [0.29, 0.717) is 6.54 Å². The van der Waals surface area contributed by atoms with Crippen molar-refractivity contribution in [2.75, 3.05) is 6.54 Å². The molecule has 0 saturated carbocycles. The molecule has 0 fully saturated rings. The number of nitrogens with one attached hydrogen (secondary N) is 1. The van der Waals surface area contributed by atoms with Crippen molar-refractivity contribution >= 4 is 11.8 Å². The summed E-state index contributed by atoms with van der Waals surface area (Å²) < 4.78 is 36.3. The molecule has 18 heavy (non-hydrogen) atoms. The number of halogens is 3. The summed E-state index contributed by atoms with van der Waals surface area (Å²) in [5.74, 6) is 0. The quantitative estimate of drug-likeness (QED) is 0.487. The van der Waals surface area contributed by atoms with Crippen LogP contribution >= 0.6 is 11.8 Å². The van der Waals surface area contributed by atoms with Crippen LogP contribution in [-0.4, -0.2) is 12.1 Å². The molecule has 0 spiro atoms. The number of alkyl halides is 3. The summed E-state index contributed by atoms with van der Waals surface area (Å²) in [5.41, 5.74) is -2.01. The molecule has 0 unspecified atom stereocenters. The van der Waals surface area contributed by atoms with Gasteiger partial charge in [0.15, 0.2) is 0 Å². The Balaban J connectivity index is 2.43. The predicted octanol–water partition coefficient (Wildman–Crippen LogP) is 4.35. The van der Waals surface area contributed by atoms with Crippen LogP contribution in [0.2, 0.25) is 0 Å². The zero-order valence-electron chi connectivity index (χ0n) is 10.3. The molecule has 0 aliphatic rings. The zero-order chi connectivity index (χ0) is 13.6. The second-order valence-electron chi connectivity index (χ2n) is 4.10. The van der Waals surface area contributed by atoms with Gasteiger partial charge in [-0.15, -0.1) is 0 Å². The Kier molecular flexibility index (Phi) is 5.75. The van der Waals surface area contributed by atoms with E-state index in [1.54, 1.807) is 12.1 Å². The summed E-state index contributed by atoms with van der Waals surface area (Å²) in [6.07, 6.45) is 2.06. The molecule has 0 amide bonds. The van der Waals surface area contributed by atoms with Gasteiger partial charge in [0.1, 0.15) is 0 Å². The molecule has 100 valence electrons. The molecule has 0 radical (unpaired) electrons. The van der Waals surface area contributed by atoms with Crippen LogP contribution in [0.25, 0.3) is 0 Å². The summed E-state index contributed by atoms with van der Waals surface area (Å²) in [6.45, 7) is 5.46. The summed E-state index contributed by atoms with van der Waals surface area (Å²) in [6, 6.07) is 6.42. The van der Waals surface area contributed by atoms with Crippen LogP contribution in [-0.2, 0) is 6.54 Å². The maximum atomic E-state index is 12.1. The van der Waals surface area contributed by atoms with Gasteiger partial charge in [-0.05, 0) is 43.3 Å². The Bertz CT molecular complexity index is 392. The van der Waals surface area contributed by atoms with E-state index < -0.39 is 5.51 Å². The minimum absolute atomic E-state index is 0.0882. The van der Waals surface area contributed by atoms with E-state index in [-0.39, 0.29) is 16.7 Å². The van der Waals surface area contributed by atoms with E-state index in [4.69, 9.17) is 0 Å². The van der Waals surface area contributed by atoms with Gasteiger partial charge in [0.25, 0.3) is 0 Å². The molecule has 1 aromatic rings. The van der Waals surface area contributed by atoms with E-state index in [1.807, 2.05) is 13.8 Å². The molecule has 0 saturated heterocycles. The summed E-state index contributed by atoms with van der Waals surface area (Å²) in [7, 11) is 0. The predicted molar refractivity (Wildman–Crippen MR) is 69.5 cm³/mol. The molecule has 0 heterocycles.